The molecule has 0 spiro atoms. The van der Waals surface area contributed by atoms with Crippen molar-refractivity contribution in [1.29, 1.82) is 0 Å². The fourth-order valence-corrected chi connectivity index (χ4v) is 3.32. The zero-order chi connectivity index (χ0) is 13.2. The minimum Gasteiger partial charge on any atom is -0.388 e. The van der Waals surface area contributed by atoms with Gasteiger partial charge in [0.05, 0.1) is 11.6 Å². The SMILES string of the molecule is CC1CCCC(C(O)c2ccc3ncccc3c2)C1. The molecule has 0 bridgehead atoms. The molecule has 0 saturated heterocycles. The summed E-state index contributed by atoms with van der Waals surface area (Å²) in [6.07, 6.45) is 6.33. The van der Waals surface area contributed by atoms with Crippen LogP contribution in [-0.2, 0) is 0 Å². The summed E-state index contributed by atoms with van der Waals surface area (Å²) in [5.41, 5.74) is 2.04. The van der Waals surface area contributed by atoms with E-state index in [2.05, 4.69) is 24.0 Å². The van der Waals surface area contributed by atoms with Crippen LogP contribution in [0.5, 0.6) is 0 Å². The van der Waals surface area contributed by atoms with Crippen molar-refractivity contribution in [3.63, 3.8) is 0 Å². The van der Waals surface area contributed by atoms with E-state index in [9.17, 15) is 5.11 Å². The Morgan fingerprint density at radius 1 is 1.26 bits per heavy atom. The Labute approximate surface area is 114 Å². The molecular formula is C17H21NO. The van der Waals surface area contributed by atoms with Gasteiger partial charge in [-0.25, -0.2) is 0 Å². The number of benzene rings is 1. The Balaban J connectivity index is 1.86. The summed E-state index contributed by atoms with van der Waals surface area (Å²) in [4.78, 5) is 4.32. The summed E-state index contributed by atoms with van der Waals surface area (Å²) < 4.78 is 0. The zero-order valence-electron chi connectivity index (χ0n) is 11.4. The van der Waals surface area contributed by atoms with E-state index in [4.69, 9.17) is 0 Å². The first-order valence-corrected chi connectivity index (χ1v) is 7.27. The van der Waals surface area contributed by atoms with Crippen LogP contribution in [0.3, 0.4) is 0 Å². The minimum atomic E-state index is -0.327. The fourth-order valence-electron chi connectivity index (χ4n) is 3.32. The topological polar surface area (TPSA) is 33.1 Å². The lowest BCUT2D eigenvalue weighted by Gasteiger charge is -2.30. The normalized spacial score (nSPS) is 25.4. The molecular weight excluding hydrogens is 234 g/mol. The van der Waals surface area contributed by atoms with Gasteiger partial charge in [0.25, 0.3) is 0 Å². The van der Waals surface area contributed by atoms with Crippen LogP contribution in [0.2, 0.25) is 0 Å². The maximum atomic E-state index is 10.6. The Morgan fingerprint density at radius 2 is 2.16 bits per heavy atom. The van der Waals surface area contributed by atoms with E-state index in [1.165, 1.54) is 12.8 Å². The molecule has 1 heterocycles. The van der Waals surface area contributed by atoms with Crippen LogP contribution in [0.15, 0.2) is 36.5 Å². The van der Waals surface area contributed by atoms with Crippen LogP contribution in [-0.4, -0.2) is 10.1 Å². The van der Waals surface area contributed by atoms with Crippen LogP contribution >= 0.6 is 0 Å². The van der Waals surface area contributed by atoms with Gasteiger partial charge < -0.3 is 5.11 Å². The van der Waals surface area contributed by atoms with E-state index < -0.39 is 0 Å². The molecule has 2 nitrogen and oxygen atoms in total. The molecule has 0 aliphatic heterocycles. The monoisotopic (exact) mass is 255 g/mol. The van der Waals surface area contributed by atoms with Gasteiger partial charge in [-0.1, -0.05) is 31.9 Å². The van der Waals surface area contributed by atoms with Gasteiger partial charge in [-0.2, -0.15) is 0 Å². The van der Waals surface area contributed by atoms with Gasteiger partial charge in [-0.3, -0.25) is 4.98 Å². The van der Waals surface area contributed by atoms with Crippen LogP contribution < -0.4 is 0 Å². The van der Waals surface area contributed by atoms with Gasteiger partial charge >= 0.3 is 0 Å². The Bertz CT molecular complexity index is 566. The summed E-state index contributed by atoms with van der Waals surface area (Å²) in [5, 5.41) is 11.7. The number of hydrogen-bond donors (Lipinski definition) is 1. The standard InChI is InChI=1S/C17H21NO/c1-12-4-2-5-14(10-12)17(19)15-7-8-16-13(11-15)6-3-9-18-16/h3,6-9,11-12,14,17,19H,2,4-5,10H2,1H3. The molecule has 1 saturated carbocycles. The molecule has 19 heavy (non-hydrogen) atoms. The summed E-state index contributed by atoms with van der Waals surface area (Å²) in [5.74, 6) is 1.16. The Morgan fingerprint density at radius 3 is 3.00 bits per heavy atom. The number of rotatable bonds is 2. The van der Waals surface area contributed by atoms with Crippen LogP contribution in [0.4, 0.5) is 0 Å². The zero-order valence-corrected chi connectivity index (χ0v) is 11.4. The molecule has 100 valence electrons. The molecule has 3 atom stereocenters. The molecule has 1 aromatic carbocycles. The van der Waals surface area contributed by atoms with Crippen molar-refractivity contribution in [2.45, 2.75) is 38.7 Å². The average Bonchev–Trinajstić information content (AvgIpc) is 2.46. The lowest BCUT2D eigenvalue weighted by atomic mass is 9.78. The number of hydrogen-bond acceptors (Lipinski definition) is 2. The van der Waals surface area contributed by atoms with E-state index in [0.717, 1.165) is 35.2 Å². The van der Waals surface area contributed by atoms with Crippen molar-refractivity contribution in [2.75, 3.05) is 0 Å². The highest BCUT2D eigenvalue weighted by Gasteiger charge is 2.26. The summed E-state index contributed by atoms with van der Waals surface area (Å²) in [6, 6.07) is 10.1. The van der Waals surface area contributed by atoms with Crippen molar-refractivity contribution in [3.05, 3.63) is 42.1 Å². The second kappa shape index (κ2) is 5.30. The van der Waals surface area contributed by atoms with Crippen molar-refractivity contribution in [2.24, 2.45) is 11.8 Å². The van der Waals surface area contributed by atoms with Gasteiger partial charge in [-0.05, 0) is 48.4 Å². The molecule has 0 amide bonds. The number of pyridine rings is 1. The molecule has 1 N–H and O–H groups in total. The highest BCUT2D eigenvalue weighted by molar-refractivity contribution is 5.79. The van der Waals surface area contributed by atoms with E-state index in [1.807, 2.05) is 18.2 Å². The molecule has 0 radical (unpaired) electrons. The van der Waals surface area contributed by atoms with E-state index in [-0.39, 0.29) is 6.10 Å². The molecule has 2 aromatic rings. The number of aliphatic hydroxyl groups excluding tert-OH is 1. The fraction of sp³-hybridized carbons (Fsp3) is 0.471. The third-order valence-corrected chi connectivity index (χ3v) is 4.39. The molecule has 3 rings (SSSR count). The lowest BCUT2D eigenvalue weighted by Crippen LogP contribution is -2.20. The number of nitrogens with zero attached hydrogens (tertiary/aromatic N) is 1. The van der Waals surface area contributed by atoms with E-state index >= 15 is 0 Å². The summed E-state index contributed by atoms with van der Waals surface area (Å²) in [7, 11) is 0. The average molecular weight is 255 g/mol. The molecule has 1 aromatic heterocycles. The molecule has 1 aliphatic rings. The third kappa shape index (κ3) is 2.64. The number of aliphatic hydroxyl groups is 1. The van der Waals surface area contributed by atoms with Gasteiger partial charge in [0.1, 0.15) is 0 Å². The molecule has 2 heteroatoms. The van der Waals surface area contributed by atoms with Crippen LogP contribution in [0.25, 0.3) is 10.9 Å². The van der Waals surface area contributed by atoms with Crippen molar-refractivity contribution in [3.8, 4) is 0 Å². The molecule has 1 fully saturated rings. The summed E-state index contributed by atoms with van der Waals surface area (Å²) in [6.45, 7) is 2.29. The first-order chi connectivity index (χ1) is 9.24. The predicted molar refractivity (Wildman–Crippen MR) is 77.8 cm³/mol. The van der Waals surface area contributed by atoms with E-state index in [1.54, 1.807) is 6.20 Å². The lowest BCUT2D eigenvalue weighted by molar-refractivity contribution is 0.0715. The van der Waals surface area contributed by atoms with Gasteiger partial charge in [0.15, 0.2) is 0 Å². The first kappa shape index (κ1) is 12.6. The highest BCUT2D eigenvalue weighted by atomic mass is 16.3. The predicted octanol–water partition coefficient (Wildman–Crippen LogP) is 4.09. The smallest absolute Gasteiger partial charge is 0.0818 e. The van der Waals surface area contributed by atoms with Crippen molar-refractivity contribution < 1.29 is 5.11 Å². The maximum absolute atomic E-state index is 10.6. The van der Waals surface area contributed by atoms with Crippen LogP contribution in [0, 0.1) is 11.8 Å². The van der Waals surface area contributed by atoms with Gasteiger partial charge in [-0.15, -0.1) is 0 Å². The third-order valence-electron chi connectivity index (χ3n) is 4.39. The van der Waals surface area contributed by atoms with Crippen LogP contribution in [0.1, 0.15) is 44.3 Å². The minimum absolute atomic E-state index is 0.327. The second-order valence-electron chi connectivity index (χ2n) is 5.93. The molecule has 1 aliphatic carbocycles. The second-order valence-corrected chi connectivity index (χ2v) is 5.93. The Hall–Kier alpha value is -1.41. The largest absolute Gasteiger partial charge is 0.388 e. The number of aromatic nitrogens is 1. The Kier molecular flexibility index (Phi) is 3.52. The van der Waals surface area contributed by atoms with Crippen molar-refractivity contribution in [1.82, 2.24) is 4.98 Å². The first-order valence-electron chi connectivity index (χ1n) is 7.27. The quantitative estimate of drug-likeness (QED) is 0.876. The molecule has 3 unspecified atom stereocenters. The highest BCUT2D eigenvalue weighted by Crippen LogP contribution is 2.37. The number of fused-ring (bicyclic) bond motifs is 1. The van der Waals surface area contributed by atoms with Gasteiger partial charge in [0, 0.05) is 11.6 Å². The maximum Gasteiger partial charge on any atom is 0.0818 e. The van der Waals surface area contributed by atoms with Gasteiger partial charge in [0.2, 0.25) is 0 Å². The van der Waals surface area contributed by atoms with E-state index in [0.29, 0.717) is 5.92 Å². The van der Waals surface area contributed by atoms with Crippen molar-refractivity contribution >= 4 is 10.9 Å². The summed E-state index contributed by atoms with van der Waals surface area (Å²) >= 11 is 0.